The molecule has 30 heavy (non-hydrogen) atoms. The van der Waals surface area contributed by atoms with Gasteiger partial charge in [-0.05, 0) is 0 Å². The minimum atomic E-state index is -7.18. The maximum Gasteiger partial charge on any atom is 1.00 e. The number of hydrogen-bond acceptors (Lipinski definition) is 7. The molecule has 0 N–H and O–H groups in total. The molecule has 1 fully saturated rings. The molecule has 1 aliphatic heterocycles. The third-order valence-electron chi connectivity index (χ3n) is 3.46. The summed E-state index contributed by atoms with van der Waals surface area (Å²) in [6, 6.07) is 0. The minimum Gasteiger partial charge on any atom is -0.747 e. The fraction of sp³-hybridized carbons (Fsp3) is 0.727. The molecule has 168 valence electrons. The van der Waals surface area contributed by atoms with Gasteiger partial charge in [0.15, 0.2) is 0 Å². The molecule has 1 heterocycles. The van der Waals surface area contributed by atoms with Crippen LogP contribution >= 0.6 is 0 Å². The molecule has 0 bridgehead atoms. The van der Waals surface area contributed by atoms with Crippen LogP contribution in [0.3, 0.4) is 0 Å². The second-order valence-corrected chi connectivity index (χ2v) is 7.08. The van der Waals surface area contributed by atoms with Crippen molar-refractivity contribution < 1.29 is 101 Å². The van der Waals surface area contributed by atoms with Crippen LogP contribution in [0.5, 0.6) is 0 Å². The average Bonchev–Trinajstić information content (AvgIpc) is 2.79. The van der Waals surface area contributed by atoms with Gasteiger partial charge in [-0.1, -0.05) is 0 Å². The van der Waals surface area contributed by atoms with Crippen LogP contribution in [0.15, 0.2) is 0 Å². The van der Waals surface area contributed by atoms with Crippen molar-refractivity contribution in [2.45, 2.75) is 48.5 Å². The number of hydrogen-bond donors (Lipinski definition) is 0. The van der Waals surface area contributed by atoms with Gasteiger partial charge >= 0.3 is 59.5 Å². The molecule has 0 saturated carbocycles. The van der Waals surface area contributed by atoms with E-state index in [-0.39, 0.29) is 29.6 Å². The molecule has 1 aliphatic rings. The van der Waals surface area contributed by atoms with E-state index in [4.69, 9.17) is 0 Å². The van der Waals surface area contributed by atoms with Crippen molar-refractivity contribution >= 4 is 27.9 Å². The molecule has 1 unspecified atom stereocenters. The summed E-state index contributed by atoms with van der Waals surface area (Å²) in [5.41, 5.74) is 0. The Labute approximate surface area is 182 Å². The zero-order valence-electron chi connectivity index (χ0n) is 14.3. The van der Waals surface area contributed by atoms with E-state index in [1.54, 1.807) is 0 Å². The van der Waals surface area contributed by atoms with Crippen molar-refractivity contribution in [1.29, 1.82) is 0 Å². The molecule has 0 spiro atoms. The number of carbonyl (C=O) groups excluding carboxylic acids is 3. The number of imide groups is 1. The van der Waals surface area contributed by atoms with Crippen LogP contribution in [0.1, 0.15) is 19.3 Å². The Balaban J connectivity index is 0.00000841. The van der Waals surface area contributed by atoms with Crippen molar-refractivity contribution in [2.24, 2.45) is 0 Å². The van der Waals surface area contributed by atoms with Gasteiger partial charge in [0, 0.05) is 6.42 Å². The molecule has 1 atom stereocenters. The molecule has 0 aromatic carbocycles. The normalized spacial score (nSPS) is 19.0. The summed E-state index contributed by atoms with van der Waals surface area (Å²) in [7, 11) is -5.40. The number of hydroxylamine groups is 2. The van der Waals surface area contributed by atoms with Crippen LogP contribution in [0.25, 0.3) is 0 Å². The van der Waals surface area contributed by atoms with Gasteiger partial charge in [-0.3, -0.25) is 9.59 Å². The third-order valence-corrected chi connectivity index (χ3v) is 4.52. The molecule has 1 rings (SSSR count). The van der Waals surface area contributed by atoms with Gasteiger partial charge in [0.05, 0.1) is 12.8 Å². The van der Waals surface area contributed by atoms with Crippen molar-refractivity contribution in [3.63, 3.8) is 0 Å². The van der Waals surface area contributed by atoms with E-state index in [0.717, 1.165) is 0 Å². The Morgan fingerprint density at radius 3 is 1.87 bits per heavy atom. The number of rotatable bonds is 7. The number of halogens is 9. The maximum atomic E-state index is 13.3. The van der Waals surface area contributed by atoms with Crippen LogP contribution < -0.4 is 29.6 Å². The van der Waals surface area contributed by atoms with Gasteiger partial charge in [0.2, 0.25) is 0 Å². The van der Waals surface area contributed by atoms with E-state index >= 15 is 0 Å². The van der Waals surface area contributed by atoms with E-state index in [1.165, 1.54) is 0 Å². The van der Waals surface area contributed by atoms with Gasteiger partial charge in [0.25, 0.3) is 11.8 Å². The summed E-state index contributed by atoms with van der Waals surface area (Å²) < 4.78 is 146. The molecular formula is C11H7F9NNaO7S. The van der Waals surface area contributed by atoms with Gasteiger partial charge < -0.3 is 9.39 Å². The molecule has 0 aromatic rings. The molecule has 8 nitrogen and oxygen atoms in total. The second-order valence-electron chi connectivity index (χ2n) is 5.53. The van der Waals surface area contributed by atoms with E-state index in [9.17, 15) is 66.9 Å². The average molecular weight is 491 g/mol. The second kappa shape index (κ2) is 8.79. The van der Waals surface area contributed by atoms with Crippen LogP contribution in [-0.4, -0.2) is 65.0 Å². The Morgan fingerprint density at radius 1 is 1.03 bits per heavy atom. The largest absolute Gasteiger partial charge is 1.00 e. The Hall–Kier alpha value is -1.11. The summed E-state index contributed by atoms with van der Waals surface area (Å²) >= 11 is 0. The van der Waals surface area contributed by atoms with E-state index < -0.39 is 81.4 Å². The van der Waals surface area contributed by atoms with Gasteiger partial charge in [0.1, 0.15) is 15.4 Å². The predicted octanol–water partition coefficient (Wildman–Crippen LogP) is -1.63. The first-order valence-corrected chi connectivity index (χ1v) is 8.36. The molecule has 2 amide bonds. The zero-order valence-corrected chi connectivity index (χ0v) is 17.1. The predicted molar refractivity (Wildman–Crippen MR) is 66.2 cm³/mol. The fourth-order valence-electron chi connectivity index (χ4n) is 1.88. The standard InChI is InChI=1S/C11H8F9NO7S.Na/c12-8(13,9(14,15)10(16,17)11(18,19)20)2-1-6(23)28-21-5(22)3-4(7(21)24)29(25,26)27;/h4H,1-3H2,(H,25,26,27);/q;+1/p-1. The van der Waals surface area contributed by atoms with Crippen LogP contribution in [0.4, 0.5) is 39.5 Å². The summed E-state index contributed by atoms with van der Waals surface area (Å²) in [5, 5.41) is -3.18. The Bertz CT molecular complexity index is 814. The Morgan fingerprint density at radius 2 is 1.50 bits per heavy atom. The monoisotopic (exact) mass is 491 g/mol. The maximum absolute atomic E-state index is 13.3. The minimum absolute atomic E-state index is 0. The van der Waals surface area contributed by atoms with E-state index in [1.807, 2.05) is 0 Å². The first kappa shape index (κ1) is 28.9. The van der Waals surface area contributed by atoms with Crippen molar-refractivity contribution in [2.75, 3.05) is 0 Å². The topological polar surface area (TPSA) is 121 Å². The Kier molecular flexibility index (Phi) is 8.47. The molecular weight excluding hydrogens is 484 g/mol. The van der Waals surface area contributed by atoms with Crippen molar-refractivity contribution in [3.8, 4) is 0 Å². The van der Waals surface area contributed by atoms with Crippen molar-refractivity contribution in [3.05, 3.63) is 0 Å². The van der Waals surface area contributed by atoms with E-state index in [2.05, 4.69) is 4.84 Å². The fourth-order valence-corrected chi connectivity index (χ4v) is 2.56. The van der Waals surface area contributed by atoms with Gasteiger partial charge in [-0.2, -0.15) is 39.5 Å². The quantitative estimate of drug-likeness (QED) is 0.182. The van der Waals surface area contributed by atoms with Crippen LogP contribution in [-0.2, 0) is 29.3 Å². The number of carbonyl (C=O) groups is 3. The van der Waals surface area contributed by atoms with Crippen LogP contribution in [0, 0.1) is 0 Å². The molecule has 0 aromatic heterocycles. The zero-order chi connectivity index (χ0) is 23.2. The first-order chi connectivity index (χ1) is 12.7. The SMILES string of the molecule is O=C(CCC(F)(F)C(F)(F)C(F)(F)C(F)(F)F)ON1C(=O)CC(S(=O)(=O)[O-])C1=O.[Na+]. The van der Waals surface area contributed by atoms with E-state index in [0.29, 0.717) is 0 Å². The number of alkyl halides is 9. The summed E-state index contributed by atoms with van der Waals surface area (Å²) in [5.74, 6) is -26.0. The number of nitrogens with zero attached hydrogens (tertiary/aromatic N) is 1. The molecule has 0 aliphatic carbocycles. The van der Waals surface area contributed by atoms with Crippen LogP contribution in [0.2, 0.25) is 0 Å². The summed E-state index contributed by atoms with van der Waals surface area (Å²) in [6.45, 7) is 0. The summed E-state index contributed by atoms with van der Waals surface area (Å²) in [4.78, 5) is 37.9. The van der Waals surface area contributed by atoms with Crippen molar-refractivity contribution in [1.82, 2.24) is 5.06 Å². The molecule has 0 radical (unpaired) electrons. The van der Waals surface area contributed by atoms with Gasteiger partial charge in [-0.25, -0.2) is 13.2 Å². The number of amides is 2. The third kappa shape index (κ3) is 5.38. The summed E-state index contributed by atoms with van der Waals surface area (Å²) in [6.07, 6.45) is -13.0. The smallest absolute Gasteiger partial charge is 0.747 e. The molecule has 19 heteroatoms. The van der Waals surface area contributed by atoms with Gasteiger partial charge in [-0.15, -0.1) is 5.06 Å². The first-order valence-electron chi connectivity index (χ1n) is 6.89. The molecule has 1 saturated heterocycles.